The number of aryl methyl sites for hydroxylation is 1. The van der Waals surface area contributed by atoms with Gasteiger partial charge < -0.3 is 15.6 Å². The van der Waals surface area contributed by atoms with Crippen molar-refractivity contribution in [3.63, 3.8) is 0 Å². The minimum absolute atomic E-state index is 0.166. The molecule has 17 heavy (non-hydrogen) atoms. The van der Waals surface area contributed by atoms with Gasteiger partial charge in [-0.3, -0.25) is 4.57 Å². The Morgan fingerprint density at radius 3 is 3.06 bits per heavy atom. The summed E-state index contributed by atoms with van der Waals surface area (Å²) in [5.41, 5.74) is 5.77. The van der Waals surface area contributed by atoms with Crippen molar-refractivity contribution in [3.05, 3.63) is 22.2 Å². The van der Waals surface area contributed by atoms with E-state index in [4.69, 9.17) is 27.2 Å². The Morgan fingerprint density at radius 1 is 1.76 bits per heavy atom. The van der Waals surface area contributed by atoms with Crippen molar-refractivity contribution >= 4 is 17.4 Å². The van der Waals surface area contributed by atoms with Crippen LogP contribution in [0.2, 0.25) is 0 Å². The van der Waals surface area contributed by atoms with Crippen LogP contribution < -0.4 is 11.4 Å². The van der Waals surface area contributed by atoms with Crippen molar-refractivity contribution in [1.82, 2.24) is 9.55 Å². The van der Waals surface area contributed by atoms with E-state index in [1.54, 1.807) is 13.1 Å². The monoisotopic (exact) mass is 259 g/mol. The first kappa shape index (κ1) is 12.3. The summed E-state index contributed by atoms with van der Waals surface area (Å²) < 4.78 is 6.84. The number of nitrogens with zero attached hydrogens (tertiary/aromatic N) is 2. The summed E-state index contributed by atoms with van der Waals surface area (Å²) in [7, 11) is 0. The molecule has 1 fully saturated rings. The molecule has 7 heteroatoms. The molecule has 1 saturated heterocycles. The third-order valence-corrected chi connectivity index (χ3v) is 3.29. The largest absolute Gasteiger partial charge is 0.394 e. The Bertz CT molecular complexity index is 476. The first-order chi connectivity index (χ1) is 8.02. The van der Waals surface area contributed by atoms with Crippen molar-refractivity contribution in [3.8, 4) is 0 Å². The molecule has 2 heterocycles. The van der Waals surface area contributed by atoms with E-state index in [1.165, 1.54) is 4.57 Å². The molecule has 1 aliphatic heterocycles. The number of hydrogen-bond acceptors (Lipinski definition) is 5. The minimum atomic E-state index is -0.492. The summed E-state index contributed by atoms with van der Waals surface area (Å²) in [4.78, 5) is 15.4. The molecule has 1 aromatic rings. The zero-order valence-corrected chi connectivity index (χ0v) is 10.1. The van der Waals surface area contributed by atoms with Crippen molar-refractivity contribution < 1.29 is 9.84 Å². The molecule has 0 aromatic carbocycles. The smallest absolute Gasteiger partial charge is 0.351 e. The second-order valence-corrected chi connectivity index (χ2v) is 4.62. The fourth-order valence-corrected chi connectivity index (χ4v) is 2.10. The number of hydrogen-bond donors (Lipinski definition) is 2. The molecule has 1 aliphatic rings. The summed E-state index contributed by atoms with van der Waals surface area (Å²) in [5, 5.41) is 8.73. The molecule has 3 N–H and O–H groups in total. The Morgan fingerprint density at radius 2 is 2.47 bits per heavy atom. The van der Waals surface area contributed by atoms with E-state index in [9.17, 15) is 4.79 Å². The van der Waals surface area contributed by atoms with Crippen LogP contribution in [-0.4, -0.2) is 32.7 Å². The van der Waals surface area contributed by atoms with E-state index in [0.717, 1.165) is 0 Å². The predicted molar refractivity (Wildman–Crippen MR) is 62.9 cm³/mol. The van der Waals surface area contributed by atoms with Gasteiger partial charge in [0.15, 0.2) is 0 Å². The average Bonchev–Trinajstić information content (AvgIpc) is 2.65. The molecular formula is C10H14ClN3O3. The lowest BCUT2D eigenvalue weighted by atomic mass is 10.2. The highest BCUT2D eigenvalue weighted by atomic mass is 35.5. The molecule has 6 nitrogen and oxygen atoms in total. The lowest BCUT2D eigenvalue weighted by Crippen LogP contribution is -2.28. The van der Waals surface area contributed by atoms with Gasteiger partial charge in [-0.15, -0.1) is 11.6 Å². The maximum atomic E-state index is 11.7. The highest BCUT2D eigenvalue weighted by molar-refractivity contribution is 6.21. The third-order valence-electron chi connectivity index (χ3n) is 2.83. The fourth-order valence-electron chi connectivity index (χ4n) is 1.81. The van der Waals surface area contributed by atoms with Gasteiger partial charge in [-0.25, -0.2) is 4.79 Å². The maximum absolute atomic E-state index is 11.7. The molecule has 0 amide bonds. The van der Waals surface area contributed by atoms with Gasteiger partial charge >= 0.3 is 5.69 Å². The van der Waals surface area contributed by atoms with Crippen molar-refractivity contribution in [1.29, 1.82) is 0 Å². The molecule has 0 aliphatic carbocycles. The van der Waals surface area contributed by atoms with Gasteiger partial charge in [-0.2, -0.15) is 4.98 Å². The lowest BCUT2D eigenvalue weighted by Gasteiger charge is -2.15. The van der Waals surface area contributed by atoms with Crippen LogP contribution >= 0.6 is 11.6 Å². The Balaban J connectivity index is 2.30. The van der Waals surface area contributed by atoms with E-state index in [-0.39, 0.29) is 17.8 Å². The molecule has 0 saturated carbocycles. The number of alkyl halides is 1. The average molecular weight is 260 g/mol. The van der Waals surface area contributed by atoms with Crippen molar-refractivity contribution in [2.45, 2.75) is 31.1 Å². The second-order valence-electron chi connectivity index (χ2n) is 4.06. The van der Waals surface area contributed by atoms with E-state index < -0.39 is 18.0 Å². The predicted octanol–water partition coefficient (Wildman–Crippen LogP) is 0.0211. The van der Waals surface area contributed by atoms with Crippen LogP contribution in [0, 0.1) is 6.92 Å². The van der Waals surface area contributed by atoms with E-state index in [2.05, 4.69) is 4.98 Å². The summed E-state index contributed by atoms with van der Waals surface area (Å²) in [6.07, 6.45) is 1.11. The maximum Gasteiger partial charge on any atom is 0.351 e. The van der Waals surface area contributed by atoms with Gasteiger partial charge in [0.1, 0.15) is 12.0 Å². The standard InChI is InChI=1S/C10H14ClN3O3/c1-5-3-14(10(16)13-9(5)12)8-2-6(11)7(4-15)17-8/h3,6-8,15H,2,4H2,1H3,(H2,12,13,16)/t6-,7+,8+/m0/s1. The summed E-state index contributed by atoms with van der Waals surface area (Å²) in [6, 6.07) is 0. The van der Waals surface area contributed by atoms with Gasteiger partial charge in [0.25, 0.3) is 0 Å². The molecule has 0 spiro atoms. The number of aliphatic hydroxyl groups is 1. The summed E-state index contributed by atoms with van der Waals surface area (Å²) in [5.74, 6) is 0.213. The molecule has 94 valence electrons. The first-order valence-electron chi connectivity index (χ1n) is 5.28. The highest BCUT2D eigenvalue weighted by Gasteiger charge is 2.35. The quantitative estimate of drug-likeness (QED) is 0.731. The molecule has 3 atom stereocenters. The van der Waals surface area contributed by atoms with Crippen LogP contribution in [-0.2, 0) is 4.74 Å². The Kier molecular flexibility index (Phi) is 3.37. The molecule has 1 aromatic heterocycles. The molecule has 2 rings (SSSR count). The minimum Gasteiger partial charge on any atom is -0.394 e. The first-order valence-corrected chi connectivity index (χ1v) is 5.72. The van der Waals surface area contributed by atoms with Crippen LogP contribution in [0.1, 0.15) is 18.2 Å². The van der Waals surface area contributed by atoms with Crippen molar-refractivity contribution in [2.75, 3.05) is 12.3 Å². The number of rotatable bonds is 2. The highest BCUT2D eigenvalue weighted by Crippen LogP contribution is 2.31. The Labute approximate surface area is 103 Å². The van der Waals surface area contributed by atoms with E-state index in [0.29, 0.717) is 12.0 Å². The normalized spacial score (nSPS) is 28.5. The third kappa shape index (κ3) is 2.29. The van der Waals surface area contributed by atoms with Gasteiger partial charge in [0.2, 0.25) is 0 Å². The van der Waals surface area contributed by atoms with Crippen molar-refractivity contribution in [2.24, 2.45) is 0 Å². The summed E-state index contributed by atoms with van der Waals surface area (Å²) in [6.45, 7) is 1.59. The number of aromatic nitrogens is 2. The molecule has 0 radical (unpaired) electrons. The van der Waals surface area contributed by atoms with Gasteiger partial charge in [0.05, 0.1) is 18.1 Å². The van der Waals surface area contributed by atoms with Crippen LogP contribution in [0.4, 0.5) is 5.82 Å². The molecule has 0 unspecified atom stereocenters. The van der Waals surface area contributed by atoms with Gasteiger partial charge in [0, 0.05) is 18.2 Å². The van der Waals surface area contributed by atoms with E-state index >= 15 is 0 Å². The molecule has 0 bridgehead atoms. The molecular weight excluding hydrogens is 246 g/mol. The number of aliphatic hydroxyl groups excluding tert-OH is 1. The van der Waals surface area contributed by atoms with E-state index in [1.807, 2.05) is 0 Å². The zero-order chi connectivity index (χ0) is 12.6. The topological polar surface area (TPSA) is 90.4 Å². The number of halogens is 1. The summed E-state index contributed by atoms with van der Waals surface area (Å²) >= 11 is 6.00. The second kappa shape index (κ2) is 4.64. The Hall–Kier alpha value is -1.11. The zero-order valence-electron chi connectivity index (χ0n) is 9.34. The number of ether oxygens (including phenoxy) is 1. The number of anilines is 1. The SMILES string of the molecule is Cc1cn([C@H]2C[C@H](Cl)[C@@H](CO)O2)c(=O)nc1N. The van der Waals surface area contributed by atoms with Gasteiger partial charge in [-0.05, 0) is 6.92 Å². The van der Waals surface area contributed by atoms with Crippen LogP contribution in [0.15, 0.2) is 11.0 Å². The van der Waals surface area contributed by atoms with Crippen LogP contribution in [0.3, 0.4) is 0 Å². The van der Waals surface area contributed by atoms with Crippen LogP contribution in [0.25, 0.3) is 0 Å². The van der Waals surface area contributed by atoms with Gasteiger partial charge in [-0.1, -0.05) is 0 Å². The fraction of sp³-hybridized carbons (Fsp3) is 0.600. The lowest BCUT2D eigenvalue weighted by molar-refractivity contribution is -0.0240. The number of nitrogen functional groups attached to an aromatic ring is 1. The number of nitrogens with two attached hydrogens (primary N) is 1. The van der Waals surface area contributed by atoms with Crippen LogP contribution in [0.5, 0.6) is 0 Å².